The van der Waals surface area contributed by atoms with Gasteiger partial charge in [-0.25, -0.2) is 0 Å². The third-order valence-corrected chi connectivity index (χ3v) is 3.94. The Labute approximate surface area is 93.4 Å². The van der Waals surface area contributed by atoms with Gasteiger partial charge in [-0.2, -0.15) is 0 Å². The topological polar surface area (TPSA) is 26.3 Å². The number of hydrogen-bond acceptors (Lipinski definition) is 2. The minimum atomic E-state index is -0.175. The fourth-order valence-corrected chi connectivity index (χ4v) is 3.06. The molecule has 2 nitrogen and oxygen atoms in total. The van der Waals surface area contributed by atoms with Crippen LogP contribution in [0.3, 0.4) is 0 Å². The van der Waals surface area contributed by atoms with Crippen molar-refractivity contribution in [3.8, 4) is 0 Å². The van der Waals surface area contributed by atoms with E-state index in [1.165, 1.54) is 12.8 Å². The van der Waals surface area contributed by atoms with Gasteiger partial charge >= 0.3 is 0 Å². The van der Waals surface area contributed by atoms with E-state index in [4.69, 9.17) is 4.74 Å². The molecule has 3 unspecified atom stereocenters. The van der Waals surface area contributed by atoms with Gasteiger partial charge in [0.05, 0.1) is 5.60 Å². The molecule has 88 valence electrons. The second kappa shape index (κ2) is 5.11. The van der Waals surface area contributed by atoms with Crippen LogP contribution in [0.25, 0.3) is 0 Å². The van der Waals surface area contributed by atoms with Crippen molar-refractivity contribution in [3.05, 3.63) is 0 Å². The number of carbonyl (C=O) groups excluding carboxylic acids is 1. The first kappa shape index (κ1) is 12.7. The highest BCUT2D eigenvalue weighted by Gasteiger charge is 2.46. The van der Waals surface area contributed by atoms with Gasteiger partial charge in [0, 0.05) is 13.0 Å². The monoisotopic (exact) mass is 212 g/mol. The van der Waals surface area contributed by atoms with Crippen LogP contribution in [0, 0.1) is 17.8 Å². The molecule has 15 heavy (non-hydrogen) atoms. The van der Waals surface area contributed by atoms with Gasteiger partial charge in [-0.3, -0.25) is 0 Å². The van der Waals surface area contributed by atoms with Gasteiger partial charge in [0.15, 0.2) is 0 Å². The second-order valence-electron chi connectivity index (χ2n) is 5.32. The number of aldehydes is 1. The van der Waals surface area contributed by atoms with Crippen LogP contribution in [0.5, 0.6) is 0 Å². The molecular formula is C13H24O2. The molecule has 0 radical (unpaired) electrons. The second-order valence-corrected chi connectivity index (χ2v) is 5.32. The number of carbonyl (C=O) groups is 1. The summed E-state index contributed by atoms with van der Waals surface area (Å²) in [6.45, 7) is 6.55. The zero-order valence-electron chi connectivity index (χ0n) is 10.5. The summed E-state index contributed by atoms with van der Waals surface area (Å²) in [6.07, 6.45) is 5.49. The lowest BCUT2D eigenvalue weighted by atomic mass is 9.76. The van der Waals surface area contributed by atoms with Crippen molar-refractivity contribution < 1.29 is 9.53 Å². The Bertz CT molecular complexity index is 213. The lowest BCUT2D eigenvalue weighted by Gasteiger charge is -2.38. The fourth-order valence-electron chi connectivity index (χ4n) is 3.06. The van der Waals surface area contributed by atoms with Gasteiger partial charge in [0.1, 0.15) is 6.29 Å². The fraction of sp³-hybridized carbons (Fsp3) is 0.923. The van der Waals surface area contributed by atoms with E-state index in [0.29, 0.717) is 11.8 Å². The molecule has 3 atom stereocenters. The Kier molecular flexibility index (Phi) is 4.32. The molecule has 0 aromatic heterocycles. The summed E-state index contributed by atoms with van der Waals surface area (Å²) in [5, 5.41) is 0. The normalized spacial score (nSPS) is 33.3. The van der Waals surface area contributed by atoms with E-state index >= 15 is 0 Å². The Morgan fingerprint density at radius 1 is 1.53 bits per heavy atom. The average Bonchev–Trinajstić information content (AvgIpc) is 2.57. The smallest absolute Gasteiger partial charge is 0.125 e. The van der Waals surface area contributed by atoms with Gasteiger partial charge < -0.3 is 9.53 Å². The maximum atomic E-state index is 11.3. The van der Waals surface area contributed by atoms with Crippen molar-refractivity contribution in [1.82, 2.24) is 0 Å². The third-order valence-electron chi connectivity index (χ3n) is 3.94. The van der Waals surface area contributed by atoms with Crippen LogP contribution in [0.2, 0.25) is 0 Å². The lowest BCUT2D eigenvalue weighted by molar-refractivity contribution is -0.130. The molecular weight excluding hydrogens is 188 g/mol. The summed E-state index contributed by atoms with van der Waals surface area (Å²) in [5.41, 5.74) is -0.175. The largest absolute Gasteiger partial charge is 0.377 e. The minimum absolute atomic E-state index is 0.0694. The van der Waals surface area contributed by atoms with Crippen LogP contribution in [-0.4, -0.2) is 19.0 Å². The van der Waals surface area contributed by atoms with Gasteiger partial charge in [-0.15, -0.1) is 0 Å². The van der Waals surface area contributed by atoms with Crippen LogP contribution >= 0.6 is 0 Å². The Morgan fingerprint density at radius 2 is 2.20 bits per heavy atom. The van der Waals surface area contributed by atoms with E-state index in [-0.39, 0.29) is 11.5 Å². The van der Waals surface area contributed by atoms with Crippen LogP contribution in [0.1, 0.15) is 46.5 Å². The van der Waals surface area contributed by atoms with Crippen LogP contribution in [-0.2, 0) is 9.53 Å². The van der Waals surface area contributed by atoms with E-state index in [2.05, 4.69) is 20.8 Å². The van der Waals surface area contributed by atoms with Gasteiger partial charge in [0.2, 0.25) is 0 Å². The maximum Gasteiger partial charge on any atom is 0.125 e. The van der Waals surface area contributed by atoms with Gasteiger partial charge in [0.25, 0.3) is 0 Å². The molecule has 0 N–H and O–H groups in total. The highest BCUT2D eigenvalue weighted by molar-refractivity contribution is 5.56. The summed E-state index contributed by atoms with van der Waals surface area (Å²) in [4.78, 5) is 11.3. The minimum Gasteiger partial charge on any atom is -0.377 e. The highest BCUT2D eigenvalue weighted by atomic mass is 16.5. The molecule has 1 aliphatic carbocycles. The van der Waals surface area contributed by atoms with Crippen molar-refractivity contribution in [1.29, 1.82) is 0 Å². The zero-order chi connectivity index (χ0) is 11.5. The first-order chi connectivity index (χ1) is 7.06. The Morgan fingerprint density at radius 3 is 2.53 bits per heavy atom. The van der Waals surface area contributed by atoms with Crippen molar-refractivity contribution in [2.24, 2.45) is 17.8 Å². The van der Waals surface area contributed by atoms with Crippen LogP contribution < -0.4 is 0 Å². The molecule has 2 heteroatoms. The zero-order valence-corrected chi connectivity index (χ0v) is 10.5. The lowest BCUT2D eigenvalue weighted by Crippen LogP contribution is -2.43. The first-order valence-electron chi connectivity index (χ1n) is 6.07. The van der Waals surface area contributed by atoms with E-state index < -0.39 is 0 Å². The van der Waals surface area contributed by atoms with Gasteiger partial charge in [-0.05, 0) is 31.1 Å². The molecule has 0 bridgehead atoms. The van der Waals surface area contributed by atoms with Gasteiger partial charge in [-0.1, -0.05) is 27.2 Å². The maximum absolute atomic E-state index is 11.3. The molecule has 0 spiro atoms. The molecule has 0 heterocycles. The quantitative estimate of drug-likeness (QED) is 0.655. The summed E-state index contributed by atoms with van der Waals surface area (Å²) in [7, 11) is 1.76. The molecule has 1 rings (SSSR count). The van der Waals surface area contributed by atoms with Crippen molar-refractivity contribution in [3.63, 3.8) is 0 Å². The first-order valence-corrected chi connectivity index (χ1v) is 6.07. The summed E-state index contributed by atoms with van der Waals surface area (Å²) >= 11 is 0. The molecule has 1 aliphatic rings. The number of rotatable bonds is 5. The summed E-state index contributed by atoms with van der Waals surface area (Å²) in [6, 6.07) is 0. The highest BCUT2D eigenvalue weighted by Crippen LogP contribution is 2.44. The van der Waals surface area contributed by atoms with Crippen molar-refractivity contribution in [2.45, 2.75) is 52.1 Å². The predicted octanol–water partition coefficient (Wildman–Crippen LogP) is 3.05. The van der Waals surface area contributed by atoms with Crippen LogP contribution in [0.15, 0.2) is 0 Å². The molecule has 0 aliphatic heterocycles. The summed E-state index contributed by atoms with van der Waals surface area (Å²) < 4.78 is 5.73. The SMILES string of the molecule is COC1(C(C=O)CC(C)C)CCCC1C. The van der Waals surface area contributed by atoms with Crippen molar-refractivity contribution >= 4 is 6.29 Å². The molecule has 1 fully saturated rings. The molecule has 0 aromatic rings. The average molecular weight is 212 g/mol. The van der Waals surface area contributed by atoms with E-state index in [1.807, 2.05) is 0 Å². The number of hydrogen-bond donors (Lipinski definition) is 0. The van der Waals surface area contributed by atoms with E-state index in [1.54, 1.807) is 7.11 Å². The molecule has 0 saturated heterocycles. The van der Waals surface area contributed by atoms with Crippen molar-refractivity contribution in [2.75, 3.05) is 7.11 Å². The number of ether oxygens (including phenoxy) is 1. The standard InChI is InChI=1S/C13H24O2/c1-10(2)8-12(9-14)13(15-4)7-5-6-11(13)3/h9-12H,5-8H2,1-4H3. The third kappa shape index (κ3) is 2.41. The Balaban J connectivity index is 2.82. The summed E-state index contributed by atoms with van der Waals surface area (Å²) in [5.74, 6) is 1.14. The molecule has 1 saturated carbocycles. The molecule has 0 amide bonds. The van der Waals surface area contributed by atoms with Crippen LogP contribution in [0.4, 0.5) is 0 Å². The molecule has 0 aromatic carbocycles. The number of methoxy groups -OCH3 is 1. The predicted molar refractivity (Wildman–Crippen MR) is 61.8 cm³/mol. The van der Waals surface area contributed by atoms with E-state index in [9.17, 15) is 4.79 Å². The van der Waals surface area contributed by atoms with E-state index in [0.717, 1.165) is 19.1 Å². The Hall–Kier alpha value is -0.370.